The van der Waals surface area contributed by atoms with Crippen molar-refractivity contribution < 1.29 is 27.9 Å². The van der Waals surface area contributed by atoms with E-state index in [4.69, 9.17) is 16.3 Å². The number of amides is 1. The number of nitrogens with zero attached hydrogens (tertiary/aromatic N) is 3. The highest BCUT2D eigenvalue weighted by molar-refractivity contribution is 7.89. The Morgan fingerprint density at radius 3 is 2.41 bits per heavy atom. The number of halogens is 1. The minimum absolute atomic E-state index is 0.0137. The lowest BCUT2D eigenvalue weighted by Gasteiger charge is -2.36. The van der Waals surface area contributed by atoms with Crippen LogP contribution in [-0.2, 0) is 24.3 Å². The predicted octanol–water partition coefficient (Wildman–Crippen LogP) is 1.83. The summed E-state index contributed by atoms with van der Waals surface area (Å²) in [6, 6.07) is 11.9. The van der Waals surface area contributed by atoms with Crippen LogP contribution in [0.25, 0.3) is 0 Å². The van der Waals surface area contributed by atoms with Gasteiger partial charge < -0.3 is 25.0 Å². The number of hydrogen-bond acceptors (Lipinski definition) is 8. The summed E-state index contributed by atoms with van der Waals surface area (Å²) in [6.45, 7) is 2.99. The largest absolute Gasteiger partial charge is 0.466 e. The molecule has 1 fully saturated rings. The molecular formula is C25H29ClN4O6S. The number of β-amino-alcohol motifs (C(OH)–C–C–N with tert-alkyl or cyclic N) is 1. The van der Waals surface area contributed by atoms with Gasteiger partial charge in [0.15, 0.2) is 0 Å². The van der Waals surface area contributed by atoms with E-state index in [-0.39, 0.29) is 49.0 Å². The third-order valence-corrected chi connectivity index (χ3v) is 8.63. The average Bonchev–Trinajstić information content (AvgIpc) is 3.19. The van der Waals surface area contributed by atoms with Crippen LogP contribution in [0.1, 0.15) is 5.56 Å². The highest BCUT2D eigenvalue weighted by Crippen LogP contribution is 2.37. The number of carbonyl (C=O) groups excluding carboxylic acids is 2. The van der Waals surface area contributed by atoms with Crippen molar-refractivity contribution in [3.05, 3.63) is 64.3 Å². The summed E-state index contributed by atoms with van der Waals surface area (Å²) in [5.41, 5.74) is 2.29. The van der Waals surface area contributed by atoms with Gasteiger partial charge in [0.25, 0.3) is 5.91 Å². The Balaban J connectivity index is 1.57. The molecule has 37 heavy (non-hydrogen) atoms. The number of hydrogen-bond donors (Lipinski definition) is 2. The first kappa shape index (κ1) is 26.9. The van der Waals surface area contributed by atoms with E-state index in [1.807, 2.05) is 11.8 Å². The van der Waals surface area contributed by atoms with Crippen molar-refractivity contribution in [1.82, 2.24) is 9.21 Å². The smallest absolute Gasteiger partial charge is 0.337 e. The quantitative estimate of drug-likeness (QED) is 0.480. The minimum atomic E-state index is -3.63. The van der Waals surface area contributed by atoms with Gasteiger partial charge in [-0.3, -0.25) is 4.79 Å². The van der Waals surface area contributed by atoms with Gasteiger partial charge in [-0.05, 0) is 31.2 Å². The molecule has 0 saturated carbocycles. The normalized spacial score (nSPS) is 16.9. The van der Waals surface area contributed by atoms with Crippen LogP contribution in [0.2, 0.25) is 5.02 Å². The molecule has 1 saturated heterocycles. The molecule has 2 aliphatic rings. The van der Waals surface area contributed by atoms with E-state index in [1.54, 1.807) is 42.5 Å². The molecule has 2 aromatic carbocycles. The van der Waals surface area contributed by atoms with Crippen LogP contribution in [0, 0.1) is 6.92 Å². The molecule has 0 aliphatic carbocycles. The zero-order chi connectivity index (χ0) is 26.7. The molecular weight excluding hydrogens is 520 g/mol. The van der Waals surface area contributed by atoms with Crippen LogP contribution < -0.4 is 10.2 Å². The van der Waals surface area contributed by atoms with Crippen molar-refractivity contribution in [3.8, 4) is 0 Å². The second-order valence-electron chi connectivity index (χ2n) is 8.76. The number of carbonyl (C=O) groups is 2. The Kier molecular flexibility index (Phi) is 8.08. The Labute approximate surface area is 221 Å². The summed E-state index contributed by atoms with van der Waals surface area (Å²) in [7, 11) is -2.40. The monoisotopic (exact) mass is 548 g/mol. The summed E-state index contributed by atoms with van der Waals surface area (Å²) in [6.07, 6.45) is 0. The molecule has 0 aromatic heterocycles. The van der Waals surface area contributed by atoms with Crippen molar-refractivity contribution in [2.75, 3.05) is 63.2 Å². The second-order valence-corrected chi connectivity index (χ2v) is 11.1. The molecule has 0 spiro atoms. The van der Waals surface area contributed by atoms with Gasteiger partial charge in [0, 0.05) is 32.7 Å². The molecule has 1 amide bonds. The van der Waals surface area contributed by atoms with Crippen molar-refractivity contribution >= 4 is 44.9 Å². The number of benzene rings is 2. The number of aryl methyl sites for hydroxylation is 1. The lowest BCUT2D eigenvalue weighted by molar-refractivity contribution is -0.136. The lowest BCUT2D eigenvalue weighted by Crippen LogP contribution is -2.48. The number of ether oxygens (including phenoxy) is 1. The summed E-state index contributed by atoms with van der Waals surface area (Å²) in [4.78, 5) is 28.9. The maximum atomic E-state index is 13.1. The molecule has 12 heteroatoms. The van der Waals surface area contributed by atoms with Crippen molar-refractivity contribution in [2.24, 2.45) is 0 Å². The standard InChI is InChI=1S/C25H29ClN4O6S/c1-17-6-8-18(9-7-17)37(34,35)30-12-10-28(11-13-30)23-20(26)4-3-5-21(23)27-22-19(25(33)36-2)16-29(14-15-31)24(22)32/h3-9,27,31H,10-16H2,1-2H3. The van der Waals surface area contributed by atoms with Gasteiger partial charge in [-0.1, -0.05) is 35.4 Å². The Morgan fingerprint density at radius 1 is 1.11 bits per heavy atom. The van der Waals surface area contributed by atoms with Gasteiger partial charge in [-0.25, -0.2) is 13.2 Å². The van der Waals surface area contributed by atoms with Crippen LogP contribution in [0.4, 0.5) is 11.4 Å². The fourth-order valence-corrected chi connectivity index (χ4v) is 6.15. The Hall–Kier alpha value is -3.12. The molecule has 2 aliphatic heterocycles. The highest BCUT2D eigenvalue weighted by Gasteiger charge is 2.36. The van der Waals surface area contributed by atoms with Gasteiger partial charge in [-0.2, -0.15) is 4.31 Å². The Morgan fingerprint density at radius 2 is 1.78 bits per heavy atom. The molecule has 2 N–H and O–H groups in total. The molecule has 0 unspecified atom stereocenters. The number of para-hydroxylation sites is 1. The van der Waals surface area contributed by atoms with Gasteiger partial charge >= 0.3 is 5.97 Å². The molecule has 198 valence electrons. The lowest BCUT2D eigenvalue weighted by atomic mass is 10.2. The number of methoxy groups -OCH3 is 1. The number of anilines is 2. The molecule has 0 bridgehead atoms. The molecule has 2 heterocycles. The Bertz CT molecular complexity index is 1320. The third kappa shape index (κ3) is 5.45. The van der Waals surface area contributed by atoms with Crippen LogP contribution in [-0.4, -0.2) is 87.6 Å². The summed E-state index contributed by atoms with van der Waals surface area (Å²) >= 11 is 6.58. The fourth-order valence-electron chi connectivity index (χ4n) is 4.43. The first-order valence-corrected chi connectivity index (χ1v) is 13.6. The maximum absolute atomic E-state index is 13.1. The highest BCUT2D eigenvalue weighted by atomic mass is 35.5. The van der Waals surface area contributed by atoms with Crippen LogP contribution >= 0.6 is 11.6 Å². The summed E-state index contributed by atoms with van der Waals surface area (Å²) in [5.74, 6) is -1.08. The maximum Gasteiger partial charge on any atom is 0.337 e. The number of nitrogens with one attached hydrogen (secondary N) is 1. The van der Waals surface area contributed by atoms with Crippen molar-refractivity contribution in [1.29, 1.82) is 0 Å². The van der Waals surface area contributed by atoms with E-state index in [1.165, 1.54) is 16.3 Å². The number of aliphatic hydroxyl groups excluding tert-OH is 1. The average molecular weight is 549 g/mol. The zero-order valence-corrected chi connectivity index (χ0v) is 22.2. The topological polar surface area (TPSA) is 119 Å². The van der Waals surface area contributed by atoms with E-state index in [2.05, 4.69) is 5.32 Å². The molecule has 0 atom stereocenters. The van der Waals surface area contributed by atoms with E-state index in [9.17, 15) is 23.1 Å². The van der Waals surface area contributed by atoms with Crippen molar-refractivity contribution in [2.45, 2.75) is 11.8 Å². The van der Waals surface area contributed by atoms with E-state index in [0.29, 0.717) is 29.5 Å². The van der Waals surface area contributed by atoms with Crippen LogP contribution in [0.15, 0.2) is 58.6 Å². The van der Waals surface area contributed by atoms with E-state index in [0.717, 1.165) is 5.56 Å². The molecule has 4 rings (SSSR count). The second kappa shape index (κ2) is 11.1. The fraction of sp³-hybridized carbons (Fsp3) is 0.360. The van der Waals surface area contributed by atoms with Gasteiger partial charge in [0.2, 0.25) is 10.0 Å². The molecule has 10 nitrogen and oxygen atoms in total. The number of aliphatic hydroxyl groups is 1. The number of esters is 1. The van der Waals surface area contributed by atoms with Gasteiger partial charge in [0.1, 0.15) is 5.70 Å². The van der Waals surface area contributed by atoms with Crippen LogP contribution in [0.5, 0.6) is 0 Å². The third-order valence-electron chi connectivity index (χ3n) is 6.41. The number of piperazine rings is 1. The van der Waals surface area contributed by atoms with Gasteiger partial charge in [-0.15, -0.1) is 0 Å². The first-order chi connectivity index (χ1) is 17.7. The first-order valence-electron chi connectivity index (χ1n) is 11.8. The summed E-state index contributed by atoms with van der Waals surface area (Å²) < 4.78 is 32.5. The van der Waals surface area contributed by atoms with Crippen molar-refractivity contribution in [3.63, 3.8) is 0 Å². The van der Waals surface area contributed by atoms with Gasteiger partial charge in [0.05, 0.1) is 47.1 Å². The zero-order valence-electron chi connectivity index (χ0n) is 20.6. The summed E-state index contributed by atoms with van der Waals surface area (Å²) in [5, 5.41) is 12.8. The number of sulfonamides is 1. The minimum Gasteiger partial charge on any atom is -0.466 e. The predicted molar refractivity (Wildman–Crippen MR) is 140 cm³/mol. The number of rotatable bonds is 8. The van der Waals surface area contributed by atoms with E-state index >= 15 is 0 Å². The molecule has 0 radical (unpaired) electrons. The molecule has 2 aromatic rings. The SMILES string of the molecule is COC(=O)C1=C(Nc2cccc(Cl)c2N2CCN(S(=O)(=O)c3ccc(C)cc3)CC2)C(=O)N(CCO)C1. The van der Waals surface area contributed by atoms with Crippen LogP contribution in [0.3, 0.4) is 0 Å². The van der Waals surface area contributed by atoms with E-state index < -0.39 is 21.9 Å².